The molecule has 0 saturated heterocycles. The highest BCUT2D eigenvalue weighted by molar-refractivity contribution is 8.03. The van der Waals surface area contributed by atoms with Gasteiger partial charge in [-0.2, -0.15) is 0 Å². The number of ether oxygens (including phenoxy) is 2. The molecule has 1 aliphatic carbocycles. The van der Waals surface area contributed by atoms with Gasteiger partial charge < -0.3 is 19.5 Å². The number of thioether (sulfide) groups is 1. The summed E-state index contributed by atoms with van der Waals surface area (Å²) in [5.41, 5.74) is 1.06. The summed E-state index contributed by atoms with van der Waals surface area (Å²) in [6.07, 6.45) is 6.47. The number of hydrogen-bond acceptors (Lipinski definition) is 7. The van der Waals surface area contributed by atoms with Gasteiger partial charge in [0.05, 0.1) is 24.6 Å². The van der Waals surface area contributed by atoms with Gasteiger partial charge in [-0.05, 0) is 69.6 Å². The van der Waals surface area contributed by atoms with Crippen molar-refractivity contribution < 1.29 is 24.2 Å². The van der Waals surface area contributed by atoms with Gasteiger partial charge in [0, 0.05) is 12.6 Å². The number of nitrogens with one attached hydrogen (secondary N) is 1. The Kier molecular flexibility index (Phi) is 9.29. The minimum absolute atomic E-state index is 0.172. The third-order valence-electron chi connectivity index (χ3n) is 6.35. The fourth-order valence-corrected chi connectivity index (χ4v) is 6.38. The average molecular weight is 522 g/mol. The number of carbonyl (C=O) groups excluding carboxylic acids is 1. The fourth-order valence-electron chi connectivity index (χ4n) is 4.11. The van der Waals surface area contributed by atoms with E-state index in [0.717, 1.165) is 35.5 Å². The zero-order valence-electron chi connectivity index (χ0n) is 21.0. The number of benzene rings is 1. The molecule has 2 amide bonds. The molecule has 0 atom stereocenters. The molecule has 1 heterocycles. The lowest BCUT2D eigenvalue weighted by atomic mass is 9.86. The van der Waals surface area contributed by atoms with Crippen molar-refractivity contribution in [2.45, 2.75) is 67.9 Å². The van der Waals surface area contributed by atoms with Crippen LogP contribution in [0.15, 0.2) is 28.6 Å². The minimum Gasteiger partial charge on any atom is -0.493 e. The Hall–Kier alpha value is -2.46. The monoisotopic (exact) mass is 521 g/mol. The molecule has 2 aromatic rings. The normalized spacial score (nSPS) is 18.1. The SMILES string of the molecule is COc1ccc(CCN(C(=O)Nc2ncc(SC(C)(C)C(=O)O)s2)[C@H]2CC[C@H](C)CC2)cc1OC. The first-order valence-corrected chi connectivity index (χ1v) is 13.4. The molecule has 8 nitrogen and oxygen atoms in total. The highest BCUT2D eigenvalue weighted by Gasteiger charge is 2.30. The second-order valence-corrected chi connectivity index (χ2v) is 12.3. The number of carboxylic acid groups (broad SMARTS) is 1. The van der Waals surface area contributed by atoms with Crippen LogP contribution in [-0.4, -0.2) is 58.5 Å². The van der Waals surface area contributed by atoms with Crippen LogP contribution in [0.25, 0.3) is 0 Å². The van der Waals surface area contributed by atoms with Crippen molar-refractivity contribution in [2.24, 2.45) is 5.92 Å². The van der Waals surface area contributed by atoms with Crippen LogP contribution in [0.5, 0.6) is 11.5 Å². The molecule has 2 N–H and O–H groups in total. The number of rotatable bonds is 10. The van der Waals surface area contributed by atoms with E-state index < -0.39 is 10.7 Å². The van der Waals surface area contributed by atoms with Crippen LogP contribution in [-0.2, 0) is 11.2 Å². The van der Waals surface area contributed by atoms with Gasteiger partial charge in [0.25, 0.3) is 0 Å². The number of nitrogens with zero attached hydrogens (tertiary/aromatic N) is 2. The second-order valence-electron chi connectivity index (χ2n) is 9.38. The molecule has 0 bridgehead atoms. The lowest BCUT2D eigenvalue weighted by molar-refractivity contribution is -0.138. The van der Waals surface area contributed by atoms with E-state index in [4.69, 9.17) is 9.47 Å². The molecule has 35 heavy (non-hydrogen) atoms. The van der Waals surface area contributed by atoms with Gasteiger partial charge >= 0.3 is 12.0 Å². The quantitative estimate of drug-likeness (QED) is 0.383. The van der Waals surface area contributed by atoms with Crippen molar-refractivity contribution in [1.82, 2.24) is 9.88 Å². The van der Waals surface area contributed by atoms with Crippen molar-refractivity contribution >= 4 is 40.2 Å². The second kappa shape index (κ2) is 12.0. The summed E-state index contributed by atoms with van der Waals surface area (Å²) in [4.78, 5) is 31.1. The first-order valence-electron chi connectivity index (χ1n) is 11.8. The van der Waals surface area contributed by atoms with Crippen LogP contribution in [0.4, 0.5) is 9.93 Å². The molecule has 0 aliphatic heterocycles. The Bertz CT molecular complexity index is 1020. The molecule has 1 saturated carbocycles. The molecule has 1 aromatic heterocycles. The molecule has 192 valence electrons. The van der Waals surface area contributed by atoms with Crippen LogP contribution in [0.3, 0.4) is 0 Å². The van der Waals surface area contributed by atoms with E-state index in [1.54, 1.807) is 34.3 Å². The highest BCUT2D eigenvalue weighted by Crippen LogP contribution is 2.38. The number of carbonyl (C=O) groups is 2. The molecule has 0 radical (unpaired) electrons. The van der Waals surface area contributed by atoms with Crippen molar-refractivity contribution in [3.63, 3.8) is 0 Å². The first kappa shape index (κ1) is 27.1. The van der Waals surface area contributed by atoms with Crippen molar-refractivity contribution in [1.29, 1.82) is 0 Å². The van der Waals surface area contributed by atoms with E-state index >= 15 is 0 Å². The van der Waals surface area contributed by atoms with E-state index in [1.165, 1.54) is 23.1 Å². The number of aliphatic carboxylic acids is 1. The smallest absolute Gasteiger partial charge is 0.323 e. The van der Waals surface area contributed by atoms with E-state index in [-0.39, 0.29) is 12.1 Å². The van der Waals surface area contributed by atoms with Gasteiger partial charge in [-0.25, -0.2) is 9.78 Å². The molecule has 0 unspecified atom stereocenters. The predicted molar refractivity (Wildman–Crippen MR) is 140 cm³/mol. The maximum absolute atomic E-state index is 13.4. The Balaban J connectivity index is 1.71. The van der Waals surface area contributed by atoms with E-state index in [2.05, 4.69) is 17.2 Å². The van der Waals surface area contributed by atoms with Crippen molar-refractivity contribution in [3.8, 4) is 11.5 Å². The van der Waals surface area contributed by atoms with Crippen molar-refractivity contribution in [2.75, 3.05) is 26.1 Å². The predicted octanol–water partition coefficient (Wildman–Crippen LogP) is 5.77. The Morgan fingerprint density at radius 2 is 1.89 bits per heavy atom. The molecule has 1 aromatic carbocycles. The number of urea groups is 1. The number of hydrogen-bond donors (Lipinski definition) is 2. The molecular weight excluding hydrogens is 486 g/mol. The summed E-state index contributed by atoms with van der Waals surface area (Å²) in [6, 6.07) is 5.83. The summed E-state index contributed by atoms with van der Waals surface area (Å²) >= 11 is 2.51. The maximum atomic E-state index is 13.4. The van der Waals surface area contributed by atoms with Gasteiger partial charge in [0.15, 0.2) is 16.6 Å². The Labute approximate surface area is 215 Å². The van der Waals surface area contributed by atoms with Crippen LogP contribution in [0.1, 0.15) is 52.0 Å². The Morgan fingerprint density at radius 1 is 1.20 bits per heavy atom. The van der Waals surface area contributed by atoms with E-state index in [9.17, 15) is 14.7 Å². The minimum atomic E-state index is -0.974. The zero-order chi connectivity index (χ0) is 25.6. The number of thiazole rings is 1. The molecule has 1 aliphatic rings. The summed E-state index contributed by atoms with van der Waals surface area (Å²) in [5, 5.41) is 12.8. The number of amides is 2. The highest BCUT2D eigenvalue weighted by atomic mass is 32.2. The summed E-state index contributed by atoms with van der Waals surface area (Å²) < 4.78 is 10.5. The van der Waals surface area contributed by atoms with Gasteiger partial charge in [0.2, 0.25) is 0 Å². The van der Waals surface area contributed by atoms with Crippen LogP contribution in [0, 0.1) is 5.92 Å². The average Bonchev–Trinajstić information content (AvgIpc) is 3.25. The standard InChI is InChI=1S/C25H35N3O5S2/c1-16-6-9-18(10-7-16)28(13-12-17-8-11-19(32-4)20(14-17)33-5)24(31)27-23-26-15-21(34-23)35-25(2,3)22(29)30/h8,11,14-16,18H,6-7,9-10,12-13H2,1-5H3,(H,29,30)(H,26,27,31)/t16-,18-. The van der Waals surface area contributed by atoms with E-state index in [1.807, 2.05) is 23.1 Å². The molecule has 1 fully saturated rings. The first-order chi connectivity index (χ1) is 16.6. The van der Waals surface area contributed by atoms with Crippen LogP contribution >= 0.6 is 23.1 Å². The maximum Gasteiger partial charge on any atom is 0.323 e. The lowest BCUT2D eigenvalue weighted by Crippen LogP contribution is -2.45. The summed E-state index contributed by atoms with van der Waals surface area (Å²) in [7, 11) is 3.22. The molecule has 10 heteroatoms. The van der Waals surface area contributed by atoms with Gasteiger partial charge in [-0.1, -0.05) is 36.1 Å². The van der Waals surface area contributed by atoms with Crippen LogP contribution < -0.4 is 14.8 Å². The third-order valence-corrected chi connectivity index (χ3v) is 8.54. The summed E-state index contributed by atoms with van der Waals surface area (Å²) in [5.74, 6) is 1.13. The number of methoxy groups -OCH3 is 2. The van der Waals surface area contributed by atoms with Crippen molar-refractivity contribution in [3.05, 3.63) is 30.0 Å². The Morgan fingerprint density at radius 3 is 2.51 bits per heavy atom. The summed E-state index contributed by atoms with van der Waals surface area (Å²) in [6.45, 7) is 6.13. The van der Waals surface area contributed by atoms with Gasteiger partial charge in [-0.15, -0.1) is 0 Å². The van der Waals surface area contributed by atoms with Gasteiger partial charge in [-0.3, -0.25) is 10.1 Å². The largest absolute Gasteiger partial charge is 0.493 e. The topological polar surface area (TPSA) is 101 Å². The third kappa shape index (κ3) is 7.27. The molecular formula is C25H35N3O5S2. The zero-order valence-corrected chi connectivity index (χ0v) is 22.6. The number of aromatic nitrogens is 1. The fraction of sp³-hybridized carbons (Fsp3) is 0.560. The molecule has 0 spiro atoms. The van der Waals surface area contributed by atoms with Crippen LogP contribution in [0.2, 0.25) is 0 Å². The van der Waals surface area contributed by atoms with E-state index in [0.29, 0.717) is 35.5 Å². The molecule has 3 rings (SSSR count). The lowest BCUT2D eigenvalue weighted by Gasteiger charge is -2.36. The number of anilines is 1. The van der Waals surface area contributed by atoms with Gasteiger partial charge in [0.1, 0.15) is 4.75 Å². The number of carboxylic acids is 1.